The van der Waals surface area contributed by atoms with Gasteiger partial charge in [0.05, 0.1) is 6.04 Å². The number of aromatic nitrogens is 1. The molecule has 0 aliphatic rings. The fourth-order valence-electron chi connectivity index (χ4n) is 1.53. The summed E-state index contributed by atoms with van der Waals surface area (Å²) in [6.07, 6.45) is 1.71. The Kier molecular flexibility index (Phi) is 3.84. The molecular weight excluding hydrogens is 270 g/mol. The number of carbonyl (C=O) groups is 1. The molecule has 0 saturated carbocycles. The van der Waals surface area contributed by atoms with E-state index in [4.69, 9.17) is 17.3 Å². The molecule has 2 aromatic rings. The van der Waals surface area contributed by atoms with Crippen LogP contribution in [0.2, 0.25) is 5.02 Å². The van der Waals surface area contributed by atoms with E-state index in [0.717, 1.165) is 5.01 Å². The summed E-state index contributed by atoms with van der Waals surface area (Å²) in [6, 6.07) is 4.64. The monoisotopic (exact) mass is 281 g/mol. The lowest BCUT2D eigenvalue weighted by molar-refractivity contribution is 0.0940. The van der Waals surface area contributed by atoms with Gasteiger partial charge in [0.1, 0.15) is 5.01 Å². The lowest BCUT2D eigenvalue weighted by atomic mass is 10.2. The third kappa shape index (κ3) is 3.00. The van der Waals surface area contributed by atoms with Crippen LogP contribution in [0.3, 0.4) is 0 Å². The number of hydrogen-bond acceptors (Lipinski definition) is 4. The van der Waals surface area contributed by atoms with E-state index in [9.17, 15) is 4.79 Å². The van der Waals surface area contributed by atoms with Gasteiger partial charge in [0.15, 0.2) is 0 Å². The summed E-state index contributed by atoms with van der Waals surface area (Å²) in [4.78, 5) is 16.2. The van der Waals surface area contributed by atoms with Gasteiger partial charge in [-0.3, -0.25) is 4.79 Å². The molecule has 3 N–H and O–H groups in total. The third-order valence-electron chi connectivity index (χ3n) is 2.35. The Hall–Kier alpha value is -1.59. The molecular formula is C12H12ClN3OS. The first kappa shape index (κ1) is 12.9. The minimum Gasteiger partial charge on any atom is -0.399 e. The van der Waals surface area contributed by atoms with Crippen molar-refractivity contribution in [2.75, 3.05) is 5.73 Å². The Morgan fingerprint density at radius 3 is 2.89 bits per heavy atom. The first-order valence-corrected chi connectivity index (χ1v) is 6.58. The van der Waals surface area contributed by atoms with Gasteiger partial charge in [0.2, 0.25) is 0 Å². The van der Waals surface area contributed by atoms with Crippen molar-refractivity contribution in [3.8, 4) is 0 Å². The van der Waals surface area contributed by atoms with Crippen molar-refractivity contribution in [1.82, 2.24) is 10.3 Å². The van der Waals surface area contributed by atoms with Crippen molar-refractivity contribution in [1.29, 1.82) is 0 Å². The molecule has 1 unspecified atom stereocenters. The molecule has 4 nitrogen and oxygen atoms in total. The molecule has 1 aromatic carbocycles. The molecule has 0 radical (unpaired) electrons. The number of nitrogens with one attached hydrogen (secondary N) is 1. The summed E-state index contributed by atoms with van der Waals surface area (Å²) in [5.41, 5.74) is 6.56. The molecule has 1 amide bonds. The highest BCUT2D eigenvalue weighted by Crippen LogP contribution is 2.19. The number of amides is 1. The normalized spacial score (nSPS) is 12.1. The fraction of sp³-hybridized carbons (Fsp3) is 0.167. The summed E-state index contributed by atoms with van der Waals surface area (Å²) in [7, 11) is 0. The highest BCUT2D eigenvalue weighted by molar-refractivity contribution is 7.09. The molecule has 0 saturated heterocycles. The van der Waals surface area contributed by atoms with E-state index in [1.807, 2.05) is 12.3 Å². The standard InChI is InChI=1S/C12H12ClN3OS/c1-7(12-15-2-3-18-12)16-11(17)8-4-9(13)6-10(14)5-8/h2-7H,14H2,1H3,(H,16,17). The number of rotatable bonds is 3. The van der Waals surface area contributed by atoms with Crippen LogP contribution in [-0.2, 0) is 0 Å². The summed E-state index contributed by atoms with van der Waals surface area (Å²) < 4.78 is 0. The van der Waals surface area contributed by atoms with Crippen molar-refractivity contribution in [3.63, 3.8) is 0 Å². The Bertz CT molecular complexity index is 536. The molecule has 1 heterocycles. The zero-order chi connectivity index (χ0) is 13.1. The van der Waals surface area contributed by atoms with Crippen LogP contribution in [0.4, 0.5) is 5.69 Å². The van der Waals surface area contributed by atoms with Crippen LogP contribution in [0.25, 0.3) is 0 Å². The van der Waals surface area contributed by atoms with Gasteiger partial charge in [-0.1, -0.05) is 11.6 Å². The number of halogens is 1. The number of benzene rings is 1. The largest absolute Gasteiger partial charge is 0.399 e. The predicted octanol–water partition coefficient (Wildman–Crippen LogP) is 2.87. The molecule has 2 rings (SSSR count). The highest BCUT2D eigenvalue weighted by atomic mass is 35.5. The molecule has 0 aliphatic heterocycles. The molecule has 0 bridgehead atoms. The zero-order valence-corrected chi connectivity index (χ0v) is 11.3. The van der Waals surface area contributed by atoms with E-state index in [2.05, 4.69) is 10.3 Å². The quantitative estimate of drug-likeness (QED) is 0.850. The van der Waals surface area contributed by atoms with E-state index < -0.39 is 0 Å². The highest BCUT2D eigenvalue weighted by Gasteiger charge is 2.13. The second kappa shape index (κ2) is 5.37. The Labute approximate surface area is 114 Å². The summed E-state index contributed by atoms with van der Waals surface area (Å²) in [5.74, 6) is -0.216. The van der Waals surface area contributed by atoms with E-state index in [-0.39, 0.29) is 11.9 Å². The molecule has 18 heavy (non-hydrogen) atoms. The van der Waals surface area contributed by atoms with Crippen LogP contribution < -0.4 is 11.1 Å². The van der Waals surface area contributed by atoms with Crippen molar-refractivity contribution in [2.45, 2.75) is 13.0 Å². The SMILES string of the molecule is CC(NC(=O)c1cc(N)cc(Cl)c1)c1nccs1. The van der Waals surface area contributed by atoms with Gasteiger partial charge in [0, 0.05) is 27.9 Å². The third-order valence-corrected chi connectivity index (χ3v) is 3.53. The maximum atomic E-state index is 12.0. The summed E-state index contributed by atoms with van der Waals surface area (Å²) in [6.45, 7) is 1.88. The lowest BCUT2D eigenvalue weighted by Crippen LogP contribution is -2.26. The maximum Gasteiger partial charge on any atom is 0.251 e. The summed E-state index contributed by atoms with van der Waals surface area (Å²) in [5, 5.41) is 6.02. The second-order valence-corrected chi connectivity index (χ2v) is 5.20. The van der Waals surface area contributed by atoms with Crippen LogP contribution in [0.15, 0.2) is 29.8 Å². The number of hydrogen-bond donors (Lipinski definition) is 2. The second-order valence-electron chi connectivity index (χ2n) is 3.84. The van der Waals surface area contributed by atoms with Crippen molar-refractivity contribution < 1.29 is 4.79 Å². The topological polar surface area (TPSA) is 68.0 Å². The van der Waals surface area contributed by atoms with Crippen molar-refractivity contribution in [2.24, 2.45) is 0 Å². The van der Waals surface area contributed by atoms with Gasteiger partial charge in [-0.15, -0.1) is 11.3 Å². The first-order valence-electron chi connectivity index (χ1n) is 5.32. The minimum atomic E-state index is -0.216. The first-order chi connectivity index (χ1) is 8.56. The van der Waals surface area contributed by atoms with Crippen LogP contribution >= 0.6 is 22.9 Å². The molecule has 94 valence electrons. The smallest absolute Gasteiger partial charge is 0.251 e. The van der Waals surface area contributed by atoms with Gasteiger partial charge in [-0.2, -0.15) is 0 Å². The Morgan fingerprint density at radius 2 is 2.28 bits per heavy atom. The van der Waals surface area contributed by atoms with E-state index in [0.29, 0.717) is 16.3 Å². The number of thiazole rings is 1. The number of nitrogen functional groups attached to an aromatic ring is 1. The Balaban J connectivity index is 2.12. The Morgan fingerprint density at radius 1 is 1.50 bits per heavy atom. The number of nitrogens with zero attached hydrogens (tertiary/aromatic N) is 1. The van der Waals surface area contributed by atoms with Crippen LogP contribution in [-0.4, -0.2) is 10.9 Å². The molecule has 0 fully saturated rings. The number of anilines is 1. The molecule has 0 spiro atoms. The minimum absolute atomic E-state index is 0.141. The van der Waals surface area contributed by atoms with Gasteiger partial charge < -0.3 is 11.1 Å². The number of carbonyl (C=O) groups excluding carboxylic acids is 1. The average Bonchev–Trinajstić information content (AvgIpc) is 2.80. The van der Waals surface area contributed by atoms with E-state index in [1.54, 1.807) is 24.4 Å². The average molecular weight is 282 g/mol. The molecule has 1 atom stereocenters. The van der Waals surface area contributed by atoms with Crippen molar-refractivity contribution in [3.05, 3.63) is 45.4 Å². The lowest BCUT2D eigenvalue weighted by Gasteiger charge is -2.11. The van der Waals surface area contributed by atoms with Crippen LogP contribution in [0.5, 0.6) is 0 Å². The molecule has 0 aliphatic carbocycles. The summed E-state index contributed by atoms with van der Waals surface area (Å²) >= 11 is 7.36. The van der Waals surface area contributed by atoms with E-state index >= 15 is 0 Å². The maximum absolute atomic E-state index is 12.0. The van der Waals surface area contributed by atoms with Gasteiger partial charge in [0.25, 0.3) is 5.91 Å². The van der Waals surface area contributed by atoms with Crippen LogP contribution in [0.1, 0.15) is 28.3 Å². The van der Waals surface area contributed by atoms with E-state index in [1.165, 1.54) is 11.3 Å². The van der Waals surface area contributed by atoms with Gasteiger partial charge in [-0.25, -0.2) is 4.98 Å². The zero-order valence-electron chi connectivity index (χ0n) is 9.68. The predicted molar refractivity (Wildman–Crippen MR) is 73.9 cm³/mol. The molecule has 6 heteroatoms. The van der Waals surface area contributed by atoms with Crippen LogP contribution in [0, 0.1) is 0 Å². The van der Waals surface area contributed by atoms with Gasteiger partial charge >= 0.3 is 0 Å². The molecule has 1 aromatic heterocycles. The van der Waals surface area contributed by atoms with Gasteiger partial charge in [-0.05, 0) is 25.1 Å². The fourth-order valence-corrected chi connectivity index (χ4v) is 2.42. The number of nitrogens with two attached hydrogens (primary N) is 1. The van der Waals surface area contributed by atoms with Crippen molar-refractivity contribution >= 4 is 34.5 Å².